The number of carbonyl (C=O) groups excluding carboxylic acids is 4. The lowest BCUT2D eigenvalue weighted by molar-refractivity contribution is -0.148. The van der Waals surface area contributed by atoms with E-state index in [0.29, 0.717) is 48.7 Å². The Kier molecular flexibility index (Phi) is 15.0. The molecule has 1 spiro atoms. The number of esters is 1. The van der Waals surface area contributed by atoms with Gasteiger partial charge in [-0.05, 0) is 132 Å². The highest BCUT2D eigenvalue weighted by molar-refractivity contribution is 7.57. The number of carbonyl (C=O) groups is 4. The van der Waals surface area contributed by atoms with Crippen LogP contribution in [0.25, 0.3) is 10.1 Å². The molecule has 1 saturated carbocycles. The van der Waals surface area contributed by atoms with Gasteiger partial charge in [0.1, 0.15) is 23.9 Å². The summed E-state index contributed by atoms with van der Waals surface area (Å²) in [4.78, 5) is 62.4. The van der Waals surface area contributed by atoms with E-state index in [1.807, 2.05) is 34.9 Å². The number of amides is 3. The number of alkyl halides is 4. The third kappa shape index (κ3) is 11.1. The summed E-state index contributed by atoms with van der Waals surface area (Å²) in [7, 11) is -2.72. The normalized spacial score (nSPS) is 24.2. The molecular weight excluding hydrogens is 922 g/mol. The molecule has 0 radical (unpaired) electrons. The molecule has 68 heavy (non-hydrogen) atoms. The zero-order valence-corrected chi connectivity index (χ0v) is 40.3. The molecule has 8 rings (SSSR count). The van der Waals surface area contributed by atoms with Gasteiger partial charge < -0.3 is 29.3 Å². The third-order valence-corrected chi connectivity index (χ3v) is 17.3. The highest BCUT2D eigenvalue weighted by atomic mass is 32.1. The van der Waals surface area contributed by atoms with E-state index in [1.54, 1.807) is 42.3 Å². The Hall–Kier alpha value is -4.83. The molecular formula is C50H60F4N5O7PS. The molecule has 0 unspecified atom stereocenters. The molecule has 3 aliphatic heterocycles. The highest BCUT2D eigenvalue weighted by Crippen LogP contribution is 2.58. The van der Waals surface area contributed by atoms with E-state index in [4.69, 9.17) is 9.26 Å². The first-order chi connectivity index (χ1) is 32.5. The van der Waals surface area contributed by atoms with Crippen molar-refractivity contribution in [1.82, 2.24) is 25.1 Å². The maximum atomic E-state index is 16.7. The average Bonchev–Trinajstić information content (AvgIpc) is 3.59. The molecule has 2 N–H and O–H groups in total. The molecule has 3 amide bonds. The molecule has 366 valence electrons. The van der Waals surface area contributed by atoms with Gasteiger partial charge in [0, 0.05) is 41.2 Å². The number of hydrogen-bond donors (Lipinski definition) is 2. The van der Waals surface area contributed by atoms with Crippen LogP contribution in [0.15, 0.2) is 84.9 Å². The van der Waals surface area contributed by atoms with Gasteiger partial charge in [0.2, 0.25) is 17.7 Å². The Bertz CT molecular complexity index is 2490. The average molecular weight is 982 g/mol. The zero-order chi connectivity index (χ0) is 48.4. The van der Waals surface area contributed by atoms with Crippen LogP contribution in [0, 0.1) is 0 Å². The molecule has 1 aromatic heterocycles. The van der Waals surface area contributed by atoms with Crippen LogP contribution in [0.4, 0.5) is 17.6 Å². The minimum atomic E-state index is -4.52. The number of nitrogens with one attached hydrogen (secondary N) is 2. The second-order valence-electron chi connectivity index (χ2n) is 18.9. The van der Waals surface area contributed by atoms with Crippen LogP contribution in [0.2, 0.25) is 0 Å². The van der Waals surface area contributed by atoms with Crippen molar-refractivity contribution in [3.63, 3.8) is 0 Å². The van der Waals surface area contributed by atoms with Crippen LogP contribution >= 0.6 is 18.9 Å². The fourth-order valence-corrected chi connectivity index (χ4v) is 13.2. The predicted octanol–water partition coefficient (Wildman–Crippen LogP) is 9.91. The fourth-order valence-electron chi connectivity index (χ4n) is 10.3. The maximum absolute atomic E-state index is 16.7. The van der Waals surface area contributed by atoms with E-state index >= 15 is 4.39 Å². The maximum Gasteiger partial charge on any atom is 0.389 e. The lowest BCUT2D eigenvalue weighted by atomic mass is 9.93. The van der Waals surface area contributed by atoms with Crippen molar-refractivity contribution >= 4 is 52.6 Å². The number of rotatable bonds is 17. The molecule has 4 heterocycles. The Morgan fingerprint density at radius 2 is 1.71 bits per heavy atom. The van der Waals surface area contributed by atoms with E-state index in [9.17, 15) is 36.9 Å². The number of thiophene rings is 1. The largest absolute Gasteiger partial charge is 0.465 e. The number of hydrogen-bond acceptors (Lipinski definition) is 9. The summed E-state index contributed by atoms with van der Waals surface area (Å²) in [6.07, 6.45) is 0.0292. The van der Waals surface area contributed by atoms with Crippen LogP contribution in [-0.2, 0) is 23.7 Å². The molecule has 4 aliphatic rings. The quantitative estimate of drug-likeness (QED) is 0.0602. The summed E-state index contributed by atoms with van der Waals surface area (Å²) in [6.45, 7) is 4.11. The van der Waals surface area contributed by atoms with Gasteiger partial charge in [0.05, 0.1) is 11.5 Å². The summed E-state index contributed by atoms with van der Waals surface area (Å²) >= 11 is 1.12. The van der Waals surface area contributed by atoms with Gasteiger partial charge in [-0.15, -0.1) is 11.3 Å². The van der Waals surface area contributed by atoms with Crippen molar-refractivity contribution in [2.24, 2.45) is 0 Å². The lowest BCUT2D eigenvalue weighted by Crippen LogP contribution is -2.59. The van der Waals surface area contributed by atoms with Gasteiger partial charge in [0.15, 0.2) is 0 Å². The van der Waals surface area contributed by atoms with Crippen molar-refractivity contribution < 1.29 is 50.6 Å². The predicted molar refractivity (Wildman–Crippen MR) is 252 cm³/mol. The van der Waals surface area contributed by atoms with Gasteiger partial charge in [-0.25, -0.2) is 9.48 Å². The second-order valence-corrected chi connectivity index (χ2v) is 22.1. The molecule has 1 aliphatic carbocycles. The van der Waals surface area contributed by atoms with Crippen molar-refractivity contribution in [1.29, 1.82) is 0 Å². The minimum absolute atomic E-state index is 0.0272. The number of likely N-dealkylation sites (tertiary alicyclic amines) is 1. The Morgan fingerprint density at radius 1 is 0.985 bits per heavy atom. The first-order valence-electron chi connectivity index (χ1n) is 23.7. The Labute approximate surface area is 398 Å². The second kappa shape index (κ2) is 20.6. The summed E-state index contributed by atoms with van der Waals surface area (Å²) < 4.78 is 82.3. The van der Waals surface area contributed by atoms with Gasteiger partial charge in [-0.2, -0.15) is 13.2 Å². The van der Waals surface area contributed by atoms with Crippen molar-refractivity contribution in [2.75, 3.05) is 26.7 Å². The molecule has 3 saturated heterocycles. The summed E-state index contributed by atoms with van der Waals surface area (Å²) in [5.41, 5.74) is 0.898. The molecule has 8 atom stereocenters. The van der Waals surface area contributed by atoms with Crippen LogP contribution in [0.3, 0.4) is 0 Å². The van der Waals surface area contributed by atoms with E-state index in [-0.39, 0.29) is 77.5 Å². The molecule has 18 heteroatoms. The molecule has 4 fully saturated rings. The Balaban J connectivity index is 1.03. The number of fused-ring (bicyclic) bond motifs is 2. The SMILES string of the molecule is CCCOC(=O)[C@H](C)N[P@@](=O)(Oc1ccccc1)[C@H](F)c1ccc2sc(C(=O)N[C@H]3CC[C@H](N(C)CCCC(F)(F)F)C[C@H]4CC[C@@H](C(=O)N5C[C@H](c6ccccc6)CC56CC6)N4C3=O)cc2c1. The number of benzene rings is 3. The molecule has 4 aromatic rings. The standard InChI is InChI=1S/C50H60F4N5O7PS/c1-4-26-65-48(63)32(2)56-67(64,66-39-14-9-6-10-15-39)44(51)34-16-21-42-35(27-34)28-43(68-42)45(60)55-40-19-17-37(57(3)25-11-22-50(52,53)54)29-38-18-20-41(59(38)46(40)61)47(62)58-31-36(30-49(58)23-24-49)33-12-7-5-8-13-33/h5-10,12-16,21,27-28,32,36-38,40-41,44H,4,11,17-20,22-26,29-31H2,1-3H3,(H,55,60)(H,56,64)/t32-,36+,37-,38+,40-,41-,44-,67-/m0/s1. The number of ether oxygens (including phenoxy) is 1. The van der Waals surface area contributed by atoms with Crippen LogP contribution < -0.4 is 14.9 Å². The van der Waals surface area contributed by atoms with Crippen molar-refractivity contribution in [3.05, 3.63) is 101 Å². The van der Waals surface area contributed by atoms with Crippen LogP contribution in [-0.4, -0.2) is 107 Å². The van der Waals surface area contributed by atoms with E-state index in [2.05, 4.69) is 22.5 Å². The molecule has 12 nitrogen and oxygen atoms in total. The number of para-hydroxylation sites is 1. The van der Waals surface area contributed by atoms with E-state index in [1.165, 1.54) is 36.8 Å². The van der Waals surface area contributed by atoms with Crippen molar-refractivity contribution in [3.8, 4) is 5.75 Å². The first-order valence-corrected chi connectivity index (χ1v) is 26.2. The van der Waals surface area contributed by atoms with Gasteiger partial charge in [0.25, 0.3) is 5.91 Å². The van der Waals surface area contributed by atoms with Crippen molar-refractivity contribution in [2.45, 2.75) is 138 Å². The fraction of sp³-hybridized carbons (Fsp3) is 0.520. The van der Waals surface area contributed by atoms with E-state index < -0.39 is 56.0 Å². The van der Waals surface area contributed by atoms with Gasteiger partial charge in [-0.3, -0.25) is 23.7 Å². The number of halogens is 4. The Morgan fingerprint density at radius 3 is 2.40 bits per heavy atom. The lowest BCUT2D eigenvalue weighted by Gasteiger charge is -2.41. The smallest absolute Gasteiger partial charge is 0.389 e. The minimum Gasteiger partial charge on any atom is -0.465 e. The monoisotopic (exact) mass is 981 g/mol. The summed E-state index contributed by atoms with van der Waals surface area (Å²) in [6, 6.07) is 20.7. The highest BCUT2D eigenvalue weighted by Gasteiger charge is 2.58. The topological polar surface area (TPSA) is 138 Å². The van der Waals surface area contributed by atoms with Gasteiger partial charge in [-0.1, -0.05) is 61.5 Å². The van der Waals surface area contributed by atoms with E-state index in [0.717, 1.165) is 30.6 Å². The van der Waals surface area contributed by atoms with Crippen LogP contribution in [0.5, 0.6) is 5.75 Å². The zero-order valence-electron chi connectivity index (χ0n) is 38.6. The summed E-state index contributed by atoms with van der Waals surface area (Å²) in [5, 5.41) is 6.01. The molecule has 3 aromatic carbocycles. The third-order valence-electron chi connectivity index (χ3n) is 14.0. The number of nitrogens with zero attached hydrogens (tertiary/aromatic N) is 3. The first kappa shape index (κ1) is 49.6. The van der Waals surface area contributed by atoms with Gasteiger partial charge >= 0.3 is 19.7 Å². The van der Waals surface area contributed by atoms with Crippen LogP contribution in [0.1, 0.15) is 117 Å². The molecule has 0 bridgehead atoms. The summed E-state index contributed by atoms with van der Waals surface area (Å²) in [5.74, 6) is -3.69.